The van der Waals surface area contributed by atoms with Crippen LogP contribution in [0, 0.1) is 10.7 Å². The third-order valence-electron chi connectivity index (χ3n) is 1.96. The molecule has 0 aliphatic carbocycles. The van der Waals surface area contributed by atoms with Crippen LogP contribution in [0.25, 0.3) is 10.7 Å². The molecular formula is C9H12N4S2. The van der Waals surface area contributed by atoms with E-state index in [2.05, 4.69) is 29.0 Å². The van der Waals surface area contributed by atoms with Gasteiger partial charge in [-0.2, -0.15) is 5.10 Å². The largest absolute Gasteiger partial charge is 0.299 e. The van der Waals surface area contributed by atoms with Gasteiger partial charge in [0.2, 0.25) is 0 Å². The van der Waals surface area contributed by atoms with Gasteiger partial charge in [0.25, 0.3) is 0 Å². The Hall–Kier alpha value is -1.01. The first-order valence-corrected chi connectivity index (χ1v) is 6.01. The summed E-state index contributed by atoms with van der Waals surface area (Å²) in [4.78, 5) is 5.09. The van der Waals surface area contributed by atoms with Gasteiger partial charge in [-0.25, -0.2) is 0 Å². The van der Waals surface area contributed by atoms with Crippen LogP contribution in [0.3, 0.4) is 0 Å². The third-order valence-corrected chi connectivity index (χ3v) is 3.04. The smallest absolute Gasteiger partial charge is 0.195 e. The maximum Gasteiger partial charge on any atom is 0.195 e. The van der Waals surface area contributed by atoms with E-state index in [-0.39, 0.29) is 0 Å². The van der Waals surface area contributed by atoms with Crippen LogP contribution in [0.4, 0.5) is 0 Å². The highest BCUT2D eigenvalue weighted by atomic mass is 32.1. The van der Waals surface area contributed by atoms with E-state index >= 15 is 0 Å². The quantitative estimate of drug-likeness (QED) is 0.839. The first-order chi connectivity index (χ1) is 7.18. The van der Waals surface area contributed by atoms with Crippen molar-refractivity contribution in [2.24, 2.45) is 5.92 Å². The van der Waals surface area contributed by atoms with Crippen molar-refractivity contribution in [2.75, 3.05) is 0 Å². The molecule has 1 N–H and O–H groups in total. The highest BCUT2D eigenvalue weighted by Crippen LogP contribution is 2.21. The van der Waals surface area contributed by atoms with Crippen molar-refractivity contribution in [1.29, 1.82) is 0 Å². The molecule has 2 aromatic heterocycles. The van der Waals surface area contributed by atoms with E-state index in [0.717, 1.165) is 17.2 Å². The minimum atomic E-state index is 0.543. The summed E-state index contributed by atoms with van der Waals surface area (Å²) in [5.74, 6) is 1.43. The van der Waals surface area contributed by atoms with Crippen LogP contribution < -0.4 is 0 Å². The van der Waals surface area contributed by atoms with Crippen molar-refractivity contribution in [3.63, 3.8) is 0 Å². The molecule has 0 saturated carbocycles. The summed E-state index contributed by atoms with van der Waals surface area (Å²) in [5, 5.41) is 7.05. The summed E-state index contributed by atoms with van der Waals surface area (Å²) in [5.41, 5.74) is 1.80. The lowest BCUT2D eigenvalue weighted by Crippen LogP contribution is -2.05. The lowest BCUT2D eigenvalue weighted by Gasteiger charge is -2.07. The Bertz CT molecular complexity index is 480. The van der Waals surface area contributed by atoms with Crippen LogP contribution in [0.1, 0.15) is 13.8 Å². The highest BCUT2D eigenvalue weighted by Gasteiger charge is 2.10. The maximum absolute atomic E-state index is 5.19. The van der Waals surface area contributed by atoms with Gasteiger partial charge in [-0.3, -0.25) is 14.6 Å². The third kappa shape index (κ3) is 2.15. The van der Waals surface area contributed by atoms with E-state index in [1.807, 2.05) is 10.8 Å². The summed E-state index contributed by atoms with van der Waals surface area (Å²) in [6.45, 7) is 5.19. The number of hydrogen-bond acceptors (Lipinski definition) is 4. The van der Waals surface area contributed by atoms with Gasteiger partial charge in [0.05, 0.1) is 10.4 Å². The van der Waals surface area contributed by atoms with E-state index in [0.29, 0.717) is 10.7 Å². The summed E-state index contributed by atoms with van der Waals surface area (Å²) in [7, 11) is 0. The van der Waals surface area contributed by atoms with Crippen molar-refractivity contribution in [3.05, 3.63) is 16.5 Å². The zero-order valence-corrected chi connectivity index (χ0v) is 10.2. The highest BCUT2D eigenvalue weighted by molar-refractivity contribution is 7.71. The molecule has 0 aromatic carbocycles. The molecule has 80 valence electrons. The summed E-state index contributed by atoms with van der Waals surface area (Å²) in [6, 6.07) is 0. The molecule has 0 bridgehead atoms. The van der Waals surface area contributed by atoms with E-state index in [1.54, 1.807) is 16.8 Å². The summed E-state index contributed by atoms with van der Waals surface area (Å²) in [6.07, 6.45) is 1.81. The van der Waals surface area contributed by atoms with Crippen LogP contribution >= 0.6 is 23.6 Å². The molecule has 0 aliphatic rings. The Kier molecular flexibility index (Phi) is 2.97. The van der Waals surface area contributed by atoms with Crippen LogP contribution in [0.5, 0.6) is 0 Å². The lowest BCUT2D eigenvalue weighted by molar-refractivity contribution is 0.522. The van der Waals surface area contributed by atoms with Crippen molar-refractivity contribution >= 4 is 23.6 Å². The second-order valence-corrected chi connectivity index (χ2v) is 5.00. The first-order valence-electron chi connectivity index (χ1n) is 4.72. The monoisotopic (exact) mass is 240 g/mol. The fourth-order valence-corrected chi connectivity index (χ4v) is 2.19. The normalized spacial score (nSPS) is 11.1. The number of thiazole rings is 1. The molecule has 2 heterocycles. The van der Waals surface area contributed by atoms with Gasteiger partial charge in [0.1, 0.15) is 0 Å². The first kappa shape index (κ1) is 10.5. The molecule has 0 radical (unpaired) electrons. The van der Waals surface area contributed by atoms with E-state index in [9.17, 15) is 0 Å². The molecule has 0 aliphatic heterocycles. The molecule has 2 rings (SSSR count). The van der Waals surface area contributed by atoms with Gasteiger partial charge in [-0.05, 0) is 18.1 Å². The standard InChI is InChI=1S/C9H12N4S2/c1-6(2)4-13-8(11-12-9(13)14)7-3-10-5-15-7/h3,5-6H,4H2,1-2H3,(H,12,14). The van der Waals surface area contributed by atoms with Crippen LogP contribution in [0.2, 0.25) is 0 Å². The molecule has 0 unspecified atom stereocenters. The zero-order valence-electron chi connectivity index (χ0n) is 8.60. The molecule has 0 spiro atoms. The Morgan fingerprint density at radius 3 is 3.00 bits per heavy atom. The number of H-pyrrole nitrogens is 1. The van der Waals surface area contributed by atoms with Crippen LogP contribution in [-0.4, -0.2) is 19.7 Å². The number of aromatic amines is 1. The molecule has 0 saturated heterocycles. The molecular weight excluding hydrogens is 228 g/mol. The number of rotatable bonds is 3. The van der Waals surface area contributed by atoms with Gasteiger partial charge < -0.3 is 0 Å². The van der Waals surface area contributed by atoms with Crippen molar-refractivity contribution < 1.29 is 0 Å². The number of hydrogen-bond donors (Lipinski definition) is 1. The Morgan fingerprint density at radius 1 is 1.60 bits per heavy atom. The van der Waals surface area contributed by atoms with Gasteiger partial charge in [-0.15, -0.1) is 11.3 Å². The molecule has 6 heteroatoms. The Morgan fingerprint density at radius 2 is 2.40 bits per heavy atom. The van der Waals surface area contributed by atoms with E-state index in [1.165, 1.54) is 0 Å². The van der Waals surface area contributed by atoms with Gasteiger partial charge in [-0.1, -0.05) is 13.8 Å². The van der Waals surface area contributed by atoms with Crippen molar-refractivity contribution in [2.45, 2.75) is 20.4 Å². The summed E-state index contributed by atoms with van der Waals surface area (Å²) >= 11 is 6.76. The Balaban J connectivity index is 2.45. The van der Waals surface area contributed by atoms with Gasteiger partial charge in [0, 0.05) is 12.7 Å². The van der Waals surface area contributed by atoms with E-state index in [4.69, 9.17) is 12.2 Å². The molecule has 0 atom stereocenters. The van der Waals surface area contributed by atoms with Crippen molar-refractivity contribution in [1.82, 2.24) is 19.7 Å². The van der Waals surface area contributed by atoms with Crippen LogP contribution in [-0.2, 0) is 6.54 Å². The fraction of sp³-hybridized carbons (Fsp3) is 0.444. The predicted octanol–water partition coefficient (Wildman–Crippen LogP) is 2.72. The van der Waals surface area contributed by atoms with Crippen molar-refractivity contribution in [3.8, 4) is 10.7 Å². The predicted molar refractivity (Wildman–Crippen MR) is 63.4 cm³/mol. The average molecular weight is 240 g/mol. The number of nitrogens with zero attached hydrogens (tertiary/aromatic N) is 3. The second-order valence-electron chi connectivity index (χ2n) is 3.72. The topological polar surface area (TPSA) is 46.5 Å². The molecule has 0 fully saturated rings. The number of nitrogens with one attached hydrogen (secondary N) is 1. The maximum atomic E-state index is 5.19. The molecule has 0 amide bonds. The summed E-state index contributed by atoms with van der Waals surface area (Å²) < 4.78 is 2.69. The van der Waals surface area contributed by atoms with Gasteiger partial charge in [0.15, 0.2) is 10.6 Å². The molecule has 2 aromatic rings. The fourth-order valence-electron chi connectivity index (χ4n) is 1.37. The van der Waals surface area contributed by atoms with E-state index < -0.39 is 0 Å². The Labute approximate surface area is 97.0 Å². The van der Waals surface area contributed by atoms with Gasteiger partial charge >= 0.3 is 0 Å². The minimum absolute atomic E-state index is 0.543. The molecule has 15 heavy (non-hydrogen) atoms. The number of aromatic nitrogens is 4. The molecule has 4 nitrogen and oxygen atoms in total. The second kappa shape index (κ2) is 4.24. The SMILES string of the molecule is CC(C)Cn1c(-c2cncs2)n[nH]c1=S. The minimum Gasteiger partial charge on any atom is -0.299 e. The zero-order chi connectivity index (χ0) is 10.8. The lowest BCUT2D eigenvalue weighted by atomic mass is 10.2. The van der Waals surface area contributed by atoms with Crippen LogP contribution in [0.15, 0.2) is 11.7 Å². The average Bonchev–Trinajstić information content (AvgIpc) is 2.76.